The van der Waals surface area contributed by atoms with Crippen LogP contribution in [-0.2, 0) is 13.2 Å². The first-order valence-electron chi connectivity index (χ1n) is 40.0. The van der Waals surface area contributed by atoms with Gasteiger partial charge in [-0.3, -0.25) is 0 Å². The zero-order valence-corrected chi connectivity index (χ0v) is 64.1. The molecule has 0 saturated carbocycles. The first-order chi connectivity index (χ1) is 51.6. The van der Waals surface area contributed by atoms with E-state index in [-0.39, 0.29) is 29.4 Å². The van der Waals surface area contributed by atoms with Crippen LogP contribution in [0.2, 0.25) is 0 Å². The van der Waals surface area contributed by atoms with Crippen LogP contribution < -0.4 is 47.4 Å². The number of benzene rings is 8. The first kappa shape index (κ1) is 81.8. The average Bonchev–Trinajstić information content (AvgIpc) is 0.834. The number of rotatable bonds is 54. The van der Waals surface area contributed by atoms with Crippen molar-refractivity contribution < 1.29 is 57.0 Å². The van der Waals surface area contributed by atoms with Gasteiger partial charge < -0.3 is 47.4 Å². The van der Waals surface area contributed by atoms with E-state index in [0.717, 1.165) is 121 Å². The van der Waals surface area contributed by atoms with Gasteiger partial charge >= 0.3 is 11.9 Å². The van der Waals surface area contributed by atoms with Crippen molar-refractivity contribution in [2.75, 3.05) is 33.2 Å². The Morgan fingerprint density at radius 1 is 0.276 bits per heavy atom. The second kappa shape index (κ2) is 48.3. The van der Waals surface area contributed by atoms with Crippen molar-refractivity contribution in [3.8, 4) is 79.7 Å². The second-order valence-corrected chi connectivity index (χ2v) is 28.0. The Balaban J connectivity index is 0.899. The van der Waals surface area contributed by atoms with Crippen molar-refractivity contribution in [1.82, 2.24) is 0 Å². The summed E-state index contributed by atoms with van der Waals surface area (Å²) >= 11 is 0. The van der Waals surface area contributed by atoms with E-state index in [0.29, 0.717) is 61.3 Å². The van der Waals surface area contributed by atoms with E-state index in [4.69, 9.17) is 47.4 Å². The van der Waals surface area contributed by atoms with Crippen molar-refractivity contribution in [1.29, 1.82) is 0 Å². The lowest BCUT2D eigenvalue weighted by atomic mass is 10.0. The van der Waals surface area contributed by atoms with Gasteiger partial charge in [0.1, 0.15) is 81.8 Å². The number of esters is 2. The number of unbranched alkanes of at least 4 members (excludes halogenated alkanes) is 20. The molecule has 105 heavy (non-hydrogen) atoms. The van der Waals surface area contributed by atoms with Crippen LogP contribution in [0.1, 0.15) is 253 Å². The second-order valence-electron chi connectivity index (χ2n) is 28.0. The van der Waals surface area contributed by atoms with Crippen LogP contribution in [0, 0.1) is 11.8 Å². The van der Waals surface area contributed by atoms with E-state index in [1.165, 1.54) is 128 Å². The number of hydrogen-bond donors (Lipinski definition) is 0. The number of carbonyl (C=O) groups is 2. The van der Waals surface area contributed by atoms with Crippen LogP contribution in [0.4, 0.5) is 0 Å². The molecule has 0 fully saturated rings. The van der Waals surface area contributed by atoms with E-state index in [2.05, 4.69) is 65.8 Å². The molecule has 0 radical (unpaired) electrons. The Morgan fingerprint density at radius 2 is 0.562 bits per heavy atom. The van der Waals surface area contributed by atoms with Gasteiger partial charge in [0, 0.05) is 12.1 Å². The highest BCUT2D eigenvalue weighted by atomic mass is 16.7. The molecule has 8 aromatic carbocycles. The van der Waals surface area contributed by atoms with Gasteiger partial charge in [-0.05, 0) is 168 Å². The summed E-state index contributed by atoms with van der Waals surface area (Å²) in [6.45, 7) is 16.4. The summed E-state index contributed by atoms with van der Waals surface area (Å²) in [7, 11) is 0. The van der Waals surface area contributed by atoms with Gasteiger partial charge in [0.05, 0.1) is 26.4 Å². The highest BCUT2D eigenvalue weighted by Crippen LogP contribution is 2.34. The van der Waals surface area contributed by atoms with Crippen LogP contribution in [0.3, 0.4) is 0 Å². The molecule has 2 atom stereocenters. The van der Waals surface area contributed by atoms with E-state index >= 15 is 0 Å². The molecule has 12 nitrogen and oxygen atoms in total. The number of ether oxygens (including phenoxy) is 10. The summed E-state index contributed by atoms with van der Waals surface area (Å²) in [6.07, 6.45) is 33.7. The zero-order valence-electron chi connectivity index (χ0n) is 64.1. The van der Waals surface area contributed by atoms with Crippen LogP contribution in [-0.4, -0.2) is 45.2 Å². The van der Waals surface area contributed by atoms with Gasteiger partial charge in [0.2, 0.25) is 6.79 Å². The molecule has 0 heterocycles. The van der Waals surface area contributed by atoms with E-state index < -0.39 is 11.9 Å². The van der Waals surface area contributed by atoms with E-state index in [9.17, 15) is 9.59 Å². The predicted octanol–water partition coefficient (Wildman–Crippen LogP) is 25.8. The molecule has 0 aliphatic heterocycles. The van der Waals surface area contributed by atoms with E-state index in [1.807, 2.05) is 97.1 Å². The van der Waals surface area contributed by atoms with Gasteiger partial charge in [-0.2, -0.15) is 0 Å². The fourth-order valence-corrected chi connectivity index (χ4v) is 12.6. The lowest BCUT2D eigenvalue weighted by molar-refractivity contribution is 0.0715. The average molecular weight is 1430 g/mol. The third-order valence-corrected chi connectivity index (χ3v) is 19.5. The monoisotopic (exact) mass is 1430 g/mol. The topological polar surface area (TPSA) is 126 Å². The molecule has 0 amide bonds. The highest BCUT2D eigenvalue weighted by Gasteiger charge is 2.21. The van der Waals surface area contributed by atoms with Gasteiger partial charge in [0.25, 0.3) is 0 Å². The molecule has 0 aromatic heterocycles. The van der Waals surface area contributed by atoms with Crippen molar-refractivity contribution in [3.63, 3.8) is 0 Å². The zero-order chi connectivity index (χ0) is 73.7. The molecule has 8 aromatic rings. The summed E-state index contributed by atoms with van der Waals surface area (Å²) in [6, 6.07) is 57.2. The Labute approximate surface area is 629 Å². The van der Waals surface area contributed by atoms with Gasteiger partial charge in [-0.25, -0.2) is 9.59 Å². The standard InChI is InChI=1S/C93H120O12/c1-7-13-17-19-21-23-25-27-29-31-63-96-86-59-61-88(92(94)104-84-55-43-78(44-56-84)76-39-51-82(52-40-76)100-69-74-35-47-80(48-36-74)98-67-72(11-5)33-15-9-3)90(65-86)102-71-103-91-66-87(97-64-32-30-28-26-24-22-20-18-14-8-2)60-62-89(91)93(95)105-85-57-45-79(46-58-85)77-41-53-83(54-42-77)101-70-75-37-49-81(50-38-75)99-68-73(12-6)34-16-10-4/h35-62,65-66,72-73H,7-34,63-64,67-71H2,1-6H3. The molecule has 0 saturated heterocycles. The maximum atomic E-state index is 14.3. The summed E-state index contributed by atoms with van der Waals surface area (Å²) < 4.78 is 62.0. The Morgan fingerprint density at radius 3 is 0.886 bits per heavy atom. The molecule has 2 unspecified atom stereocenters. The predicted molar refractivity (Wildman–Crippen MR) is 427 cm³/mol. The van der Waals surface area contributed by atoms with Crippen molar-refractivity contribution >= 4 is 11.9 Å². The van der Waals surface area contributed by atoms with Crippen LogP contribution in [0.25, 0.3) is 22.3 Å². The summed E-state index contributed by atoms with van der Waals surface area (Å²) in [4.78, 5) is 28.5. The molecular formula is C93H120O12. The van der Waals surface area contributed by atoms with E-state index in [1.54, 1.807) is 60.7 Å². The summed E-state index contributed by atoms with van der Waals surface area (Å²) in [5.41, 5.74) is 6.30. The maximum absolute atomic E-state index is 14.3. The lowest BCUT2D eigenvalue weighted by Gasteiger charge is -2.16. The van der Waals surface area contributed by atoms with Crippen LogP contribution in [0.15, 0.2) is 182 Å². The molecule has 8 rings (SSSR count). The Kier molecular flexibility index (Phi) is 37.6. The van der Waals surface area contributed by atoms with Gasteiger partial charge in [0.15, 0.2) is 0 Å². The van der Waals surface area contributed by atoms with Gasteiger partial charge in [-0.1, -0.05) is 268 Å². The third kappa shape index (κ3) is 30.2. The van der Waals surface area contributed by atoms with Gasteiger partial charge in [-0.15, -0.1) is 0 Å². The fourth-order valence-electron chi connectivity index (χ4n) is 12.6. The minimum Gasteiger partial charge on any atom is -0.493 e. The van der Waals surface area contributed by atoms with Crippen molar-refractivity contribution in [2.24, 2.45) is 11.8 Å². The van der Waals surface area contributed by atoms with Crippen LogP contribution >= 0.6 is 0 Å². The normalized spacial score (nSPS) is 11.7. The molecule has 12 heteroatoms. The minimum atomic E-state index is -0.629. The SMILES string of the molecule is CCCCCCCCCCCCOc1ccc(C(=O)Oc2ccc(-c3ccc(OCc4ccc(OCC(CC)CCCC)cc4)cc3)cc2)c(OCOc2cc(OCCCCCCCCCCCC)ccc2C(=O)Oc2ccc(-c3ccc(OCc4ccc(OCC(CC)CCCC)cc4)cc3)cc2)c1. The summed E-state index contributed by atoms with van der Waals surface area (Å²) in [5.74, 6) is 5.34. The molecule has 0 spiro atoms. The fraction of sp³-hybridized carbons (Fsp3) is 0.462. The third-order valence-electron chi connectivity index (χ3n) is 19.5. The molecular weight excluding hydrogens is 1310 g/mol. The molecule has 0 bridgehead atoms. The first-order valence-corrected chi connectivity index (χ1v) is 40.0. The largest absolute Gasteiger partial charge is 0.493 e. The quantitative estimate of drug-likeness (QED) is 0.0156. The summed E-state index contributed by atoms with van der Waals surface area (Å²) in [5, 5.41) is 0. The molecule has 564 valence electrons. The molecule has 0 aliphatic carbocycles. The maximum Gasteiger partial charge on any atom is 0.347 e. The smallest absolute Gasteiger partial charge is 0.347 e. The van der Waals surface area contributed by atoms with Crippen molar-refractivity contribution in [3.05, 3.63) is 204 Å². The van der Waals surface area contributed by atoms with Crippen LogP contribution in [0.5, 0.6) is 57.5 Å². The number of carbonyl (C=O) groups excluding carboxylic acids is 2. The number of hydrogen-bond acceptors (Lipinski definition) is 12. The minimum absolute atomic E-state index is 0.166. The Hall–Kier alpha value is -8.90. The highest BCUT2D eigenvalue weighted by molar-refractivity contribution is 5.95. The lowest BCUT2D eigenvalue weighted by Crippen LogP contribution is -2.15. The molecule has 0 aliphatic rings. The van der Waals surface area contributed by atoms with Crippen molar-refractivity contribution in [2.45, 2.75) is 235 Å². The molecule has 0 N–H and O–H groups in total. The Bertz CT molecular complexity index is 3420.